The van der Waals surface area contributed by atoms with Crippen LogP contribution in [0.1, 0.15) is 52.7 Å². The fourth-order valence-corrected chi connectivity index (χ4v) is 5.65. The van der Waals surface area contributed by atoms with Crippen molar-refractivity contribution >= 4 is 53.3 Å². The van der Waals surface area contributed by atoms with Gasteiger partial charge in [0.25, 0.3) is 0 Å². The van der Waals surface area contributed by atoms with Gasteiger partial charge in [0.2, 0.25) is 0 Å². The minimum Gasteiger partial charge on any atom is -0.385 e. The predicted molar refractivity (Wildman–Crippen MR) is 196 cm³/mol. The molecule has 0 bridgehead atoms. The Hall–Kier alpha value is -4.89. The van der Waals surface area contributed by atoms with E-state index in [9.17, 15) is 14.3 Å². The summed E-state index contributed by atoms with van der Waals surface area (Å²) in [6, 6.07) is 29.2. The van der Waals surface area contributed by atoms with E-state index in [1.54, 1.807) is 12.4 Å². The van der Waals surface area contributed by atoms with Gasteiger partial charge in [0.05, 0.1) is 17.0 Å². The van der Waals surface area contributed by atoms with E-state index in [2.05, 4.69) is 26.0 Å². The summed E-state index contributed by atoms with van der Waals surface area (Å²) >= 11 is 5.92. The van der Waals surface area contributed by atoms with Crippen LogP contribution in [-0.2, 0) is 5.60 Å². The lowest BCUT2D eigenvalue weighted by atomic mass is 9.84. The average molecular weight is 664 g/mol. The fourth-order valence-electron chi connectivity index (χ4n) is 5.52. The highest BCUT2D eigenvalue weighted by molar-refractivity contribution is 6.30. The van der Waals surface area contributed by atoms with Gasteiger partial charge < -0.3 is 10.0 Å². The van der Waals surface area contributed by atoms with Crippen molar-refractivity contribution in [1.82, 2.24) is 4.90 Å². The van der Waals surface area contributed by atoms with E-state index in [1.165, 1.54) is 35.4 Å². The van der Waals surface area contributed by atoms with Gasteiger partial charge >= 0.3 is 0 Å². The van der Waals surface area contributed by atoms with Crippen LogP contribution in [0.2, 0.25) is 5.02 Å². The van der Waals surface area contributed by atoms with Gasteiger partial charge in [-0.1, -0.05) is 72.3 Å². The van der Waals surface area contributed by atoms with Gasteiger partial charge in [0, 0.05) is 42.5 Å². The number of halogens is 2. The molecule has 3 N–H and O–H groups in total. The molecule has 0 amide bonds. The van der Waals surface area contributed by atoms with E-state index in [0.29, 0.717) is 29.8 Å². The number of hydrazone groups is 2. The van der Waals surface area contributed by atoms with Crippen molar-refractivity contribution in [3.05, 3.63) is 142 Å². The first kappa shape index (κ1) is 34.4. The Kier molecular flexibility index (Phi) is 12.4. The number of piperidine rings is 1. The highest BCUT2D eigenvalue weighted by atomic mass is 35.5. The van der Waals surface area contributed by atoms with Crippen LogP contribution in [0.15, 0.2) is 119 Å². The monoisotopic (exact) mass is 663 g/mol. The molecule has 3 heterocycles. The Morgan fingerprint density at radius 1 is 0.792 bits per heavy atom. The number of aliphatic hydroxyl groups is 1. The van der Waals surface area contributed by atoms with E-state index in [1.807, 2.05) is 97.1 Å². The van der Waals surface area contributed by atoms with E-state index >= 15 is 0 Å². The second kappa shape index (κ2) is 17.3. The molecule has 3 aliphatic rings. The van der Waals surface area contributed by atoms with Crippen molar-refractivity contribution in [3.8, 4) is 0 Å². The molecule has 4 aromatic carbocycles. The Bertz CT molecular complexity index is 1700. The molecule has 246 valence electrons. The molecule has 0 spiro atoms. The number of carbonyl (C=O) groups is 1. The quantitative estimate of drug-likeness (QED) is 0.180. The van der Waals surface area contributed by atoms with Gasteiger partial charge in [-0.2, -0.15) is 10.2 Å². The standard InChI is InChI=1S/C21H23ClFNO2.2C9H8N2/c22-18-7-5-17(6-8-18)21(26)11-14-24(15-12-21)13-1-2-20(25)16-3-9-19(23)10-4-16;2*1-2-6-9-8(4-1)5-3-7-10-11-9/h3-10,26H,1-2,11-15H2;2*1-7,11H. The maximum Gasteiger partial charge on any atom is 0.162 e. The first-order valence-corrected chi connectivity index (χ1v) is 16.4. The number of fused-ring (bicyclic) bond motifs is 2. The average Bonchev–Trinajstić information content (AvgIpc) is 3.51. The molecule has 0 radical (unpaired) electrons. The predicted octanol–water partition coefficient (Wildman–Crippen LogP) is 8.65. The third-order valence-corrected chi connectivity index (χ3v) is 8.53. The van der Waals surface area contributed by atoms with E-state index < -0.39 is 5.60 Å². The number of nitrogens with one attached hydrogen (secondary N) is 2. The van der Waals surface area contributed by atoms with Crippen LogP contribution >= 0.6 is 11.6 Å². The Labute approximate surface area is 286 Å². The molecule has 7 rings (SSSR count). The van der Waals surface area contributed by atoms with E-state index in [0.717, 1.165) is 43.0 Å². The second-order valence-electron chi connectivity index (χ2n) is 11.6. The summed E-state index contributed by atoms with van der Waals surface area (Å²) in [6.45, 7) is 2.41. The van der Waals surface area contributed by atoms with Crippen LogP contribution in [-0.4, -0.2) is 47.9 Å². The lowest BCUT2D eigenvalue weighted by Gasteiger charge is -2.38. The van der Waals surface area contributed by atoms with E-state index in [-0.39, 0.29) is 11.6 Å². The van der Waals surface area contributed by atoms with Crippen molar-refractivity contribution in [1.29, 1.82) is 0 Å². The maximum atomic E-state index is 12.9. The minimum atomic E-state index is -0.801. The molecule has 0 aromatic heterocycles. The number of anilines is 2. The molecule has 0 saturated carbocycles. The van der Waals surface area contributed by atoms with Gasteiger partial charge in [-0.25, -0.2) is 4.39 Å². The van der Waals surface area contributed by atoms with Crippen LogP contribution < -0.4 is 10.9 Å². The number of ketones is 1. The molecule has 0 atom stereocenters. The number of rotatable bonds is 6. The molecular formula is C39H39ClFN5O2. The lowest BCUT2D eigenvalue weighted by molar-refractivity contribution is -0.0260. The zero-order valence-corrected chi connectivity index (χ0v) is 27.4. The topological polar surface area (TPSA) is 89.3 Å². The van der Waals surface area contributed by atoms with Crippen molar-refractivity contribution in [2.75, 3.05) is 30.5 Å². The molecule has 4 aromatic rings. The zero-order valence-electron chi connectivity index (χ0n) is 26.6. The normalized spacial score (nSPS) is 15.5. The van der Waals surface area contributed by atoms with Crippen molar-refractivity contribution in [3.63, 3.8) is 0 Å². The SMILES string of the molecule is C1=Cc2ccccc2NN=C1.C1=Cc2ccccc2NN=C1.O=C(CCCN1CCC(O)(c2ccc(Cl)cc2)CC1)c1ccc(F)cc1. The van der Waals surface area contributed by atoms with Crippen molar-refractivity contribution in [2.45, 2.75) is 31.3 Å². The Morgan fingerprint density at radius 3 is 1.90 bits per heavy atom. The number of para-hydroxylation sites is 2. The fraction of sp³-hybridized carbons (Fsp3) is 0.205. The lowest BCUT2D eigenvalue weighted by Crippen LogP contribution is -2.42. The molecule has 0 aliphatic carbocycles. The van der Waals surface area contributed by atoms with Crippen molar-refractivity contribution in [2.24, 2.45) is 10.2 Å². The number of benzene rings is 4. The highest BCUT2D eigenvalue weighted by Gasteiger charge is 2.33. The first-order valence-electron chi connectivity index (χ1n) is 16.0. The number of hydrogen-bond acceptors (Lipinski definition) is 7. The number of carbonyl (C=O) groups excluding carboxylic acids is 1. The number of hydrogen-bond donors (Lipinski definition) is 3. The molecular weight excluding hydrogens is 625 g/mol. The number of likely N-dealkylation sites (tertiary alicyclic amines) is 1. The maximum absolute atomic E-state index is 12.9. The zero-order chi connectivity index (χ0) is 33.6. The largest absolute Gasteiger partial charge is 0.385 e. The van der Waals surface area contributed by atoms with Crippen LogP contribution in [0.5, 0.6) is 0 Å². The number of Topliss-reactive ketones (excluding diaryl/α,β-unsaturated/α-hetero) is 1. The van der Waals surface area contributed by atoms with Gasteiger partial charge in [0.1, 0.15) is 5.82 Å². The molecule has 7 nitrogen and oxygen atoms in total. The molecule has 1 saturated heterocycles. The minimum absolute atomic E-state index is 0.0414. The summed E-state index contributed by atoms with van der Waals surface area (Å²) in [6.07, 6.45) is 13.9. The molecule has 9 heteroatoms. The van der Waals surface area contributed by atoms with Crippen LogP contribution in [0.3, 0.4) is 0 Å². The highest BCUT2D eigenvalue weighted by Crippen LogP contribution is 2.33. The van der Waals surface area contributed by atoms with E-state index in [4.69, 9.17) is 11.6 Å². The van der Waals surface area contributed by atoms with Gasteiger partial charge in [0.15, 0.2) is 5.78 Å². The summed E-state index contributed by atoms with van der Waals surface area (Å²) in [5.41, 5.74) is 11.0. The summed E-state index contributed by atoms with van der Waals surface area (Å²) in [5, 5.41) is 19.4. The molecule has 0 unspecified atom stereocenters. The summed E-state index contributed by atoms with van der Waals surface area (Å²) in [5.74, 6) is -0.289. The number of nitrogens with zero attached hydrogens (tertiary/aromatic N) is 3. The van der Waals surface area contributed by atoms with Crippen LogP contribution in [0.4, 0.5) is 15.8 Å². The molecule has 3 aliphatic heterocycles. The summed E-state index contributed by atoms with van der Waals surface area (Å²) in [7, 11) is 0. The Morgan fingerprint density at radius 2 is 1.33 bits per heavy atom. The summed E-state index contributed by atoms with van der Waals surface area (Å²) in [4.78, 5) is 14.4. The van der Waals surface area contributed by atoms with Crippen molar-refractivity contribution < 1.29 is 14.3 Å². The smallest absolute Gasteiger partial charge is 0.162 e. The third-order valence-electron chi connectivity index (χ3n) is 8.27. The first-order chi connectivity index (χ1) is 23.4. The van der Waals surface area contributed by atoms with Gasteiger partial charge in [-0.05, 0) is 103 Å². The molecule has 48 heavy (non-hydrogen) atoms. The van der Waals surface area contributed by atoms with Gasteiger partial charge in [-0.15, -0.1) is 0 Å². The number of allylic oxidation sites excluding steroid dienone is 2. The van der Waals surface area contributed by atoms with Gasteiger partial charge in [-0.3, -0.25) is 15.6 Å². The molecule has 1 fully saturated rings. The second-order valence-corrected chi connectivity index (χ2v) is 12.0. The third kappa shape index (κ3) is 10.1. The summed E-state index contributed by atoms with van der Waals surface area (Å²) < 4.78 is 12.9. The Balaban J connectivity index is 0.000000167. The van der Waals surface area contributed by atoms with Crippen LogP contribution in [0, 0.1) is 5.82 Å². The van der Waals surface area contributed by atoms with Crippen LogP contribution in [0.25, 0.3) is 12.2 Å².